The van der Waals surface area contributed by atoms with E-state index >= 15 is 0 Å². The van der Waals surface area contributed by atoms with E-state index in [1.807, 2.05) is 0 Å². The van der Waals surface area contributed by atoms with Gasteiger partial charge in [-0.1, -0.05) is 13.0 Å². The first-order valence-electron chi connectivity index (χ1n) is 9.25. The number of methoxy groups -OCH3 is 1. The van der Waals surface area contributed by atoms with E-state index in [2.05, 4.69) is 14.7 Å². The summed E-state index contributed by atoms with van der Waals surface area (Å²) in [4.78, 5) is 27.0. The van der Waals surface area contributed by atoms with Crippen molar-refractivity contribution < 1.29 is 23.1 Å². The Kier molecular flexibility index (Phi) is 6.30. The van der Waals surface area contributed by atoms with Crippen molar-refractivity contribution in [3.8, 4) is 5.75 Å². The summed E-state index contributed by atoms with van der Waals surface area (Å²) in [6.07, 6.45) is 1.76. The molecule has 0 amide bonds. The van der Waals surface area contributed by atoms with Crippen molar-refractivity contribution in [1.29, 1.82) is 0 Å². The molecule has 31 heavy (non-hydrogen) atoms. The summed E-state index contributed by atoms with van der Waals surface area (Å²) >= 11 is 0. The molecule has 0 radical (unpaired) electrons. The fourth-order valence-electron chi connectivity index (χ4n) is 2.89. The molecule has 0 bridgehead atoms. The number of carboxylic acid groups (broad SMARTS) is 1. The molecule has 2 aromatic heterocycles. The van der Waals surface area contributed by atoms with Gasteiger partial charge in [0.05, 0.1) is 17.7 Å². The van der Waals surface area contributed by atoms with Crippen LogP contribution in [0.5, 0.6) is 5.75 Å². The first-order chi connectivity index (χ1) is 14.7. The quantitative estimate of drug-likeness (QED) is 0.431. The van der Waals surface area contributed by atoms with Gasteiger partial charge in [0.25, 0.3) is 15.6 Å². The molecule has 2 aromatic carbocycles. The molecule has 162 valence electrons. The van der Waals surface area contributed by atoms with Crippen molar-refractivity contribution in [2.24, 2.45) is 0 Å². The highest BCUT2D eigenvalue weighted by Gasteiger charge is 2.16. The van der Waals surface area contributed by atoms with Crippen LogP contribution in [-0.2, 0) is 14.8 Å². The topological polar surface area (TPSA) is 144 Å². The van der Waals surface area contributed by atoms with Crippen molar-refractivity contribution in [2.45, 2.75) is 18.2 Å². The Bertz CT molecular complexity index is 1410. The maximum Gasteiger partial charge on any atom is 0.272 e. The van der Waals surface area contributed by atoms with Gasteiger partial charge in [0.2, 0.25) is 0 Å². The molecule has 0 saturated carbocycles. The summed E-state index contributed by atoms with van der Waals surface area (Å²) in [5.41, 5.74) is 1.13. The molecule has 9 nitrogen and oxygen atoms in total. The summed E-state index contributed by atoms with van der Waals surface area (Å²) in [6.45, 7) is 1.54. The number of ether oxygens (including phenoxy) is 1. The number of aromatic amines is 2. The normalized spacial score (nSPS) is 11.0. The third kappa shape index (κ3) is 4.86. The fraction of sp³-hybridized carbons (Fsp3) is 0.143. The highest BCUT2D eigenvalue weighted by molar-refractivity contribution is 7.92. The predicted molar refractivity (Wildman–Crippen MR) is 116 cm³/mol. The minimum atomic E-state index is -3.80. The average Bonchev–Trinajstić information content (AvgIpc) is 3.25. The second-order valence-electron chi connectivity index (χ2n) is 6.49. The molecule has 0 atom stereocenters. The van der Waals surface area contributed by atoms with E-state index in [9.17, 15) is 23.1 Å². The maximum absolute atomic E-state index is 12.8. The fourth-order valence-corrected chi connectivity index (χ4v) is 3.96. The van der Waals surface area contributed by atoms with Gasteiger partial charge in [-0.2, -0.15) is 0 Å². The predicted octanol–water partition coefficient (Wildman–Crippen LogP) is 1.97. The molecular formula is C21H20N3O6S-. The lowest BCUT2D eigenvalue weighted by Gasteiger charge is -2.10. The summed E-state index contributed by atoms with van der Waals surface area (Å²) in [5.74, 6) is -0.444. The van der Waals surface area contributed by atoms with E-state index in [-0.39, 0.29) is 16.9 Å². The zero-order valence-corrected chi connectivity index (χ0v) is 17.6. The molecule has 4 aromatic rings. The Hall–Kier alpha value is -3.79. The molecule has 0 aliphatic carbocycles. The van der Waals surface area contributed by atoms with Crippen LogP contribution >= 0.6 is 0 Å². The molecule has 2 heterocycles. The van der Waals surface area contributed by atoms with Crippen molar-refractivity contribution in [3.05, 3.63) is 65.1 Å². The van der Waals surface area contributed by atoms with Gasteiger partial charge in [0.1, 0.15) is 11.3 Å². The summed E-state index contributed by atoms with van der Waals surface area (Å²) in [6, 6.07) is 13.0. The Labute approximate surface area is 177 Å². The van der Waals surface area contributed by atoms with Crippen molar-refractivity contribution in [2.75, 3.05) is 11.8 Å². The number of carbonyl (C=O) groups is 1. The van der Waals surface area contributed by atoms with Gasteiger partial charge in [-0.05, 0) is 42.8 Å². The van der Waals surface area contributed by atoms with Crippen LogP contribution in [0.1, 0.15) is 13.3 Å². The molecule has 0 unspecified atom stereocenters. The average molecular weight is 442 g/mol. The van der Waals surface area contributed by atoms with Crippen LogP contribution in [0.2, 0.25) is 0 Å². The minimum Gasteiger partial charge on any atom is -0.550 e. The Balaban J connectivity index is 0.000000491. The molecule has 0 spiro atoms. The first kappa shape index (κ1) is 21.9. The number of aromatic nitrogens is 2. The first-order valence-corrected chi connectivity index (χ1v) is 10.7. The van der Waals surface area contributed by atoms with E-state index < -0.39 is 16.0 Å². The Morgan fingerprint density at radius 1 is 1.13 bits per heavy atom. The van der Waals surface area contributed by atoms with E-state index in [4.69, 9.17) is 4.74 Å². The van der Waals surface area contributed by atoms with Crippen LogP contribution in [0, 0.1) is 0 Å². The van der Waals surface area contributed by atoms with Gasteiger partial charge in [-0.25, -0.2) is 8.42 Å². The van der Waals surface area contributed by atoms with Crippen LogP contribution in [-0.4, -0.2) is 31.5 Å². The molecule has 3 N–H and O–H groups in total. The number of carbonyl (C=O) groups excluding carboxylic acids is 1. The van der Waals surface area contributed by atoms with Gasteiger partial charge in [0.15, 0.2) is 0 Å². The second-order valence-corrected chi connectivity index (χ2v) is 8.17. The van der Waals surface area contributed by atoms with Gasteiger partial charge >= 0.3 is 0 Å². The number of pyridine rings is 1. The Morgan fingerprint density at radius 3 is 2.55 bits per heavy atom. The highest BCUT2D eigenvalue weighted by Crippen LogP contribution is 2.25. The number of carboxylic acids is 1. The number of anilines is 1. The number of benzene rings is 2. The third-order valence-corrected chi connectivity index (χ3v) is 5.80. The molecule has 0 aliphatic rings. The summed E-state index contributed by atoms with van der Waals surface area (Å²) in [7, 11) is -2.29. The SMILES string of the molecule is CCC(=O)[O-].COc1cccc(NS(=O)(=O)c2ccc3[nH]c(=O)c4[nH]ccc4c3c2)c1. The van der Waals surface area contributed by atoms with Crippen molar-refractivity contribution >= 4 is 43.5 Å². The number of rotatable bonds is 5. The van der Waals surface area contributed by atoms with Crippen LogP contribution in [0.4, 0.5) is 5.69 Å². The van der Waals surface area contributed by atoms with Crippen LogP contribution in [0.15, 0.2) is 64.4 Å². The van der Waals surface area contributed by atoms with E-state index in [1.165, 1.54) is 20.1 Å². The van der Waals surface area contributed by atoms with Gasteiger partial charge < -0.3 is 24.6 Å². The van der Waals surface area contributed by atoms with Gasteiger partial charge in [-0.15, -0.1) is 0 Å². The lowest BCUT2D eigenvalue weighted by Crippen LogP contribution is -2.19. The zero-order chi connectivity index (χ0) is 22.6. The Morgan fingerprint density at radius 2 is 1.87 bits per heavy atom. The number of hydrogen-bond acceptors (Lipinski definition) is 6. The number of nitrogens with one attached hydrogen (secondary N) is 3. The van der Waals surface area contributed by atoms with Crippen LogP contribution in [0.25, 0.3) is 21.8 Å². The van der Waals surface area contributed by atoms with E-state index in [0.717, 1.165) is 0 Å². The van der Waals surface area contributed by atoms with Crippen molar-refractivity contribution in [1.82, 2.24) is 9.97 Å². The minimum absolute atomic E-state index is 0.0994. The number of aliphatic carboxylic acids is 1. The molecule has 0 aliphatic heterocycles. The number of fused-ring (bicyclic) bond motifs is 3. The van der Waals surface area contributed by atoms with Crippen molar-refractivity contribution in [3.63, 3.8) is 0 Å². The third-order valence-electron chi connectivity index (χ3n) is 4.42. The lowest BCUT2D eigenvalue weighted by atomic mass is 10.1. The number of sulfonamides is 1. The van der Waals surface area contributed by atoms with Crippen LogP contribution < -0.4 is 20.1 Å². The molecule has 0 fully saturated rings. The lowest BCUT2D eigenvalue weighted by molar-refractivity contribution is -0.305. The largest absolute Gasteiger partial charge is 0.550 e. The summed E-state index contributed by atoms with van der Waals surface area (Å²) in [5, 5.41) is 10.6. The van der Waals surface area contributed by atoms with E-state index in [0.29, 0.717) is 33.2 Å². The van der Waals surface area contributed by atoms with Gasteiger partial charge in [-0.3, -0.25) is 9.52 Å². The van der Waals surface area contributed by atoms with Crippen LogP contribution in [0.3, 0.4) is 0 Å². The number of hydrogen-bond donors (Lipinski definition) is 3. The monoisotopic (exact) mass is 442 g/mol. The molecule has 4 rings (SSSR count). The smallest absolute Gasteiger partial charge is 0.272 e. The van der Waals surface area contributed by atoms with Gasteiger partial charge in [0, 0.05) is 34.5 Å². The zero-order valence-electron chi connectivity index (χ0n) is 16.8. The summed E-state index contributed by atoms with van der Waals surface area (Å²) < 4.78 is 33.2. The second kappa shape index (κ2) is 8.92. The molecule has 0 saturated heterocycles. The highest BCUT2D eigenvalue weighted by atomic mass is 32.2. The standard InChI is InChI=1S/C18H15N3O4S.C3H6O2/c1-25-12-4-2-3-11(9-12)21-26(23,24)13-5-6-16-15(10-13)14-7-8-19-17(14)18(22)20-16;1-2-3(4)5/h2-10,19,21H,1H3,(H,20,22);2H2,1H3,(H,4,5)/p-1. The van der Waals surface area contributed by atoms with E-state index in [1.54, 1.807) is 48.7 Å². The number of H-pyrrole nitrogens is 2. The molecule has 10 heteroatoms. The molecular weight excluding hydrogens is 422 g/mol. The maximum atomic E-state index is 12.8.